The molecule has 0 fully saturated rings. The van der Waals surface area contributed by atoms with Gasteiger partial charge in [-0.15, -0.1) is 0 Å². The minimum Gasteiger partial charge on any atom is -0.492 e. The number of nitrogens with zero attached hydrogens (tertiary/aromatic N) is 1. The number of carbonyl (C=O) groups is 2. The van der Waals surface area contributed by atoms with Crippen LogP contribution in [0.5, 0.6) is 5.75 Å². The van der Waals surface area contributed by atoms with Crippen molar-refractivity contribution >= 4 is 23.9 Å². The molecule has 134 valence electrons. The number of hydrogen-bond acceptors (Lipinski definition) is 5. The second-order valence-electron chi connectivity index (χ2n) is 6.26. The highest BCUT2D eigenvalue weighted by molar-refractivity contribution is 7.94. The van der Waals surface area contributed by atoms with Crippen molar-refractivity contribution in [1.82, 2.24) is 4.90 Å². The Hall–Kier alpha value is -2.31. The van der Waals surface area contributed by atoms with Crippen molar-refractivity contribution in [3.05, 3.63) is 59.2 Å². The summed E-state index contributed by atoms with van der Waals surface area (Å²) < 4.78 is 11.4. The molecular formula is C20H19NO4S. The molecule has 4 rings (SSSR count). The van der Waals surface area contributed by atoms with Gasteiger partial charge in [-0.3, -0.25) is 14.5 Å². The fraction of sp³-hybridized carbons (Fsp3) is 0.300. The minimum atomic E-state index is -0.219. The normalized spacial score (nSPS) is 15.6. The van der Waals surface area contributed by atoms with Gasteiger partial charge in [0.25, 0.3) is 11.8 Å². The van der Waals surface area contributed by atoms with Gasteiger partial charge < -0.3 is 8.92 Å². The fourth-order valence-corrected chi connectivity index (χ4v) is 3.98. The van der Waals surface area contributed by atoms with E-state index in [1.54, 1.807) is 24.3 Å². The van der Waals surface area contributed by atoms with Crippen LogP contribution in [0.2, 0.25) is 0 Å². The van der Waals surface area contributed by atoms with Gasteiger partial charge in [-0.25, -0.2) is 0 Å². The molecule has 0 spiro atoms. The predicted molar refractivity (Wildman–Crippen MR) is 98.5 cm³/mol. The number of fused-ring (bicyclic) bond motifs is 2. The Morgan fingerprint density at radius 3 is 2.58 bits per heavy atom. The van der Waals surface area contributed by atoms with Gasteiger partial charge in [0.1, 0.15) is 5.75 Å². The number of amides is 2. The number of imide groups is 1. The molecule has 2 aliphatic rings. The van der Waals surface area contributed by atoms with Crippen molar-refractivity contribution in [1.29, 1.82) is 0 Å². The Morgan fingerprint density at radius 2 is 1.81 bits per heavy atom. The molecule has 5 nitrogen and oxygen atoms in total. The van der Waals surface area contributed by atoms with E-state index in [0.717, 1.165) is 30.1 Å². The number of aryl methyl sites for hydroxylation is 1. The van der Waals surface area contributed by atoms with E-state index in [1.807, 2.05) is 12.1 Å². The standard InChI is InChI=1S/C20H19NO4S/c22-19-15-8-1-2-9-16(15)20(23)21(19)11-5-13-25-26-17-10-3-6-14-7-4-12-24-18(14)17/h1-3,6,8-10H,4-5,7,11-13H2. The van der Waals surface area contributed by atoms with E-state index in [9.17, 15) is 9.59 Å². The van der Waals surface area contributed by atoms with Crippen LogP contribution < -0.4 is 4.74 Å². The summed E-state index contributed by atoms with van der Waals surface area (Å²) in [4.78, 5) is 26.9. The summed E-state index contributed by atoms with van der Waals surface area (Å²) in [6.07, 6.45) is 2.67. The SMILES string of the molecule is O=C1c2ccccc2C(=O)N1CCCOSc1cccc2c1OCCC2. The summed E-state index contributed by atoms with van der Waals surface area (Å²) in [5.41, 5.74) is 2.19. The van der Waals surface area contributed by atoms with E-state index in [2.05, 4.69) is 6.07 Å². The maximum Gasteiger partial charge on any atom is 0.261 e. The highest BCUT2D eigenvalue weighted by Gasteiger charge is 2.34. The first kappa shape index (κ1) is 17.1. The number of ether oxygens (including phenoxy) is 1. The number of rotatable bonds is 6. The molecule has 0 aromatic heterocycles. The number of hydrogen-bond donors (Lipinski definition) is 0. The van der Waals surface area contributed by atoms with Crippen LogP contribution in [0.1, 0.15) is 39.1 Å². The van der Waals surface area contributed by atoms with Crippen LogP contribution in [-0.2, 0) is 10.6 Å². The number of para-hydroxylation sites is 1. The molecule has 0 N–H and O–H groups in total. The van der Waals surface area contributed by atoms with Crippen LogP contribution in [0, 0.1) is 0 Å². The lowest BCUT2D eigenvalue weighted by molar-refractivity contribution is 0.0648. The molecule has 26 heavy (non-hydrogen) atoms. The molecule has 2 aliphatic heterocycles. The van der Waals surface area contributed by atoms with Crippen LogP contribution in [0.3, 0.4) is 0 Å². The lowest BCUT2D eigenvalue weighted by Crippen LogP contribution is -2.31. The molecule has 2 heterocycles. The van der Waals surface area contributed by atoms with Crippen LogP contribution >= 0.6 is 12.0 Å². The number of carbonyl (C=O) groups excluding carboxylic acids is 2. The minimum absolute atomic E-state index is 0.219. The molecule has 0 bridgehead atoms. The quantitative estimate of drug-likeness (QED) is 0.441. The van der Waals surface area contributed by atoms with E-state index in [0.29, 0.717) is 30.7 Å². The predicted octanol–water partition coefficient (Wildman–Crippen LogP) is 3.72. The zero-order valence-corrected chi connectivity index (χ0v) is 15.1. The molecule has 2 aromatic carbocycles. The molecular weight excluding hydrogens is 350 g/mol. The van der Waals surface area contributed by atoms with Gasteiger partial charge in [0, 0.05) is 18.6 Å². The third-order valence-electron chi connectivity index (χ3n) is 4.53. The Labute approximate surface area is 156 Å². The zero-order chi connectivity index (χ0) is 17.9. The van der Waals surface area contributed by atoms with Crippen molar-refractivity contribution in [2.24, 2.45) is 0 Å². The number of benzene rings is 2. The van der Waals surface area contributed by atoms with Crippen molar-refractivity contribution < 1.29 is 18.5 Å². The highest BCUT2D eigenvalue weighted by Crippen LogP contribution is 2.36. The smallest absolute Gasteiger partial charge is 0.261 e. The lowest BCUT2D eigenvalue weighted by atomic mass is 10.1. The van der Waals surface area contributed by atoms with Crippen molar-refractivity contribution in [2.45, 2.75) is 24.2 Å². The van der Waals surface area contributed by atoms with E-state index >= 15 is 0 Å². The molecule has 6 heteroatoms. The van der Waals surface area contributed by atoms with Gasteiger partial charge >= 0.3 is 0 Å². The molecule has 0 saturated heterocycles. The van der Waals surface area contributed by atoms with Gasteiger partial charge in [0.05, 0.1) is 29.2 Å². The third kappa shape index (κ3) is 3.22. The zero-order valence-electron chi connectivity index (χ0n) is 14.3. The van der Waals surface area contributed by atoms with Gasteiger partial charge in [0.15, 0.2) is 0 Å². The average molecular weight is 369 g/mol. The van der Waals surface area contributed by atoms with Gasteiger partial charge in [-0.1, -0.05) is 24.3 Å². The van der Waals surface area contributed by atoms with E-state index in [4.69, 9.17) is 8.92 Å². The second-order valence-corrected chi connectivity index (χ2v) is 7.10. The first-order chi connectivity index (χ1) is 12.8. The fourth-order valence-electron chi connectivity index (χ4n) is 3.25. The van der Waals surface area contributed by atoms with Gasteiger partial charge in [0.2, 0.25) is 0 Å². The van der Waals surface area contributed by atoms with Crippen LogP contribution in [0.15, 0.2) is 47.4 Å². The Bertz CT molecular complexity index is 816. The van der Waals surface area contributed by atoms with E-state index in [1.165, 1.54) is 22.5 Å². The lowest BCUT2D eigenvalue weighted by Gasteiger charge is -2.19. The summed E-state index contributed by atoms with van der Waals surface area (Å²) in [5, 5.41) is 0. The van der Waals surface area contributed by atoms with Crippen molar-refractivity contribution in [3.8, 4) is 5.75 Å². The Kier molecular flexibility index (Phi) is 4.95. The monoisotopic (exact) mass is 369 g/mol. The van der Waals surface area contributed by atoms with Crippen molar-refractivity contribution in [2.75, 3.05) is 19.8 Å². The average Bonchev–Trinajstić information content (AvgIpc) is 2.93. The Morgan fingerprint density at radius 1 is 1.04 bits per heavy atom. The maximum atomic E-state index is 12.3. The molecule has 0 radical (unpaired) electrons. The van der Waals surface area contributed by atoms with E-state index in [-0.39, 0.29) is 11.8 Å². The molecule has 2 amide bonds. The van der Waals surface area contributed by atoms with Crippen molar-refractivity contribution in [3.63, 3.8) is 0 Å². The molecule has 0 unspecified atom stereocenters. The molecule has 0 atom stereocenters. The molecule has 0 aliphatic carbocycles. The second kappa shape index (κ2) is 7.51. The van der Waals surface area contributed by atoms with Crippen LogP contribution in [0.4, 0.5) is 0 Å². The third-order valence-corrected chi connectivity index (χ3v) is 5.32. The summed E-state index contributed by atoms with van der Waals surface area (Å²) in [5.74, 6) is 0.483. The Balaban J connectivity index is 1.28. The van der Waals surface area contributed by atoms with Gasteiger partial charge in [-0.2, -0.15) is 0 Å². The highest BCUT2D eigenvalue weighted by atomic mass is 32.2. The molecule has 2 aromatic rings. The van der Waals surface area contributed by atoms with Gasteiger partial charge in [-0.05, 0) is 43.0 Å². The first-order valence-corrected chi connectivity index (χ1v) is 9.49. The summed E-state index contributed by atoms with van der Waals surface area (Å²) in [6.45, 7) is 1.54. The molecule has 0 saturated carbocycles. The maximum absolute atomic E-state index is 12.3. The first-order valence-electron chi connectivity index (χ1n) is 8.75. The summed E-state index contributed by atoms with van der Waals surface area (Å²) >= 11 is 1.29. The van der Waals surface area contributed by atoms with Crippen LogP contribution in [0.25, 0.3) is 0 Å². The topological polar surface area (TPSA) is 55.8 Å². The summed E-state index contributed by atoms with van der Waals surface area (Å²) in [7, 11) is 0. The largest absolute Gasteiger partial charge is 0.492 e. The van der Waals surface area contributed by atoms with E-state index < -0.39 is 0 Å². The van der Waals surface area contributed by atoms with Crippen LogP contribution in [-0.4, -0.2) is 36.5 Å². The summed E-state index contributed by atoms with van der Waals surface area (Å²) in [6, 6.07) is 13.0.